The molecule has 11 nitrogen and oxygen atoms in total. The van der Waals surface area contributed by atoms with E-state index in [0.29, 0.717) is 12.5 Å². The Labute approximate surface area is 311 Å². The van der Waals surface area contributed by atoms with E-state index in [1.165, 1.54) is 0 Å². The van der Waals surface area contributed by atoms with Gasteiger partial charge in [0.25, 0.3) is 0 Å². The van der Waals surface area contributed by atoms with E-state index in [1.807, 2.05) is 13.8 Å². The van der Waals surface area contributed by atoms with Gasteiger partial charge in [-0.1, -0.05) is 32.1 Å². The Bertz CT molecular complexity index is 1290. The van der Waals surface area contributed by atoms with Gasteiger partial charge in [0.1, 0.15) is 12.2 Å². The highest BCUT2D eigenvalue weighted by molar-refractivity contribution is 5.99. The third kappa shape index (κ3) is 8.27. The summed E-state index contributed by atoms with van der Waals surface area (Å²) in [4.78, 5) is 30.3. The van der Waals surface area contributed by atoms with Crippen molar-refractivity contribution in [2.24, 2.45) is 41.4 Å². The average molecular weight is 732 g/mol. The van der Waals surface area contributed by atoms with Crippen LogP contribution in [0.15, 0.2) is 23.8 Å². The van der Waals surface area contributed by atoms with Crippen LogP contribution in [-0.4, -0.2) is 118 Å². The van der Waals surface area contributed by atoms with E-state index in [-0.39, 0.29) is 115 Å². The Balaban J connectivity index is 1.20. The molecule has 0 spiro atoms. The molecule has 0 aromatic heterocycles. The maximum absolute atomic E-state index is 14.6. The summed E-state index contributed by atoms with van der Waals surface area (Å²) in [7, 11) is 7.44. The van der Waals surface area contributed by atoms with Crippen molar-refractivity contribution in [3.8, 4) is 0 Å². The van der Waals surface area contributed by atoms with Crippen molar-refractivity contribution in [1.29, 1.82) is 0 Å². The fourth-order valence-electron chi connectivity index (χ4n) is 10.5. The predicted octanol–water partition coefficient (Wildman–Crippen LogP) is 5.08. The SMILES string of the molecule is CC[C@H]1CCC[C@H](OC2CCC(N(C)C)C(C)O2)[C@@H](C)C(=O)C2=C[C@@H]3[C@@H](C=C[C@@H]4C[C@@H](OC5OC(C)C(OC)C(OC)C5CO)C[C@@H]34)[C@@H]2CC(=O)O1. The zero-order valence-electron chi connectivity index (χ0n) is 32.7. The molecule has 0 aromatic rings. The van der Waals surface area contributed by atoms with E-state index in [0.717, 1.165) is 50.5 Å². The van der Waals surface area contributed by atoms with Gasteiger partial charge in [0.15, 0.2) is 18.4 Å². The monoisotopic (exact) mass is 731 g/mol. The number of ketones is 1. The molecule has 3 aliphatic heterocycles. The molecule has 8 unspecified atom stereocenters. The molecule has 3 saturated heterocycles. The van der Waals surface area contributed by atoms with Crippen LogP contribution in [0, 0.1) is 41.4 Å². The van der Waals surface area contributed by atoms with Crippen LogP contribution in [0.3, 0.4) is 0 Å². The van der Waals surface area contributed by atoms with E-state index < -0.39 is 6.29 Å². The topological polar surface area (TPSA) is 122 Å². The zero-order chi connectivity index (χ0) is 37.3. The van der Waals surface area contributed by atoms with Gasteiger partial charge in [-0.25, -0.2) is 0 Å². The molecule has 0 amide bonds. The molecule has 0 radical (unpaired) electrons. The van der Waals surface area contributed by atoms with Gasteiger partial charge in [-0.05, 0) is 109 Å². The van der Waals surface area contributed by atoms with Crippen LogP contribution >= 0.6 is 0 Å². The van der Waals surface area contributed by atoms with Gasteiger partial charge >= 0.3 is 5.97 Å². The minimum Gasteiger partial charge on any atom is -0.462 e. The number of methoxy groups -OCH3 is 2. The van der Waals surface area contributed by atoms with Crippen LogP contribution < -0.4 is 0 Å². The van der Waals surface area contributed by atoms with Crippen LogP contribution in [-0.2, 0) is 42.7 Å². The van der Waals surface area contributed by atoms with Crippen molar-refractivity contribution in [2.45, 2.75) is 147 Å². The lowest BCUT2D eigenvalue weighted by Gasteiger charge is -2.44. The minimum absolute atomic E-state index is 0.0306. The van der Waals surface area contributed by atoms with Crippen molar-refractivity contribution >= 4 is 11.8 Å². The Hall–Kier alpha value is -1.70. The summed E-state index contributed by atoms with van der Waals surface area (Å²) in [5.41, 5.74) is 0.750. The summed E-state index contributed by atoms with van der Waals surface area (Å²) in [6.45, 7) is 7.98. The lowest BCUT2D eigenvalue weighted by Crippen LogP contribution is -2.57. The van der Waals surface area contributed by atoms with E-state index in [9.17, 15) is 14.7 Å². The Morgan fingerprint density at radius 3 is 2.35 bits per heavy atom. The second kappa shape index (κ2) is 17.4. The van der Waals surface area contributed by atoms with Crippen LogP contribution in [0.5, 0.6) is 0 Å². The number of ether oxygens (including phenoxy) is 7. The Kier molecular flexibility index (Phi) is 13.4. The fourth-order valence-corrected chi connectivity index (χ4v) is 10.5. The van der Waals surface area contributed by atoms with Crippen molar-refractivity contribution in [3.63, 3.8) is 0 Å². The number of aliphatic hydroxyl groups excluding tert-OH is 1. The van der Waals surface area contributed by atoms with E-state index in [2.05, 4.69) is 51.1 Å². The molecule has 52 heavy (non-hydrogen) atoms. The second-order valence-electron chi connectivity index (χ2n) is 16.6. The predicted molar refractivity (Wildman–Crippen MR) is 194 cm³/mol. The molecule has 4 fully saturated rings. The highest BCUT2D eigenvalue weighted by Gasteiger charge is 2.52. The van der Waals surface area contributed by atoms with Crippen LogP contribution in [0.4, 0.5) is 0 Å². The first kappa shape index (κ1) is 40.0. The third-order valence-electron chi connectivity index (χ3n) is 13.4. The van der Waals surface area contributed by atoms with Gasteiger partial charge in [-0.15, -0.1) is 0 Å². The third-order valence-corrected chi connectivity index (χ3v) is 13.4. The quantitative estimate of drug-likeness (QED) is 0.253. The largest absolute Gasteiger partial charge is 0.462 e. The Morgan fingerprint density at radius 2 is 1.67 bits per heavy atom. The Morgan fingerprint density at radius 1 is 0.904 bits per heavy atom. The number of hydrogen-bond donors (Lipinski definition) is 1. The molecule has 6 aliphatic rings. The number of carbonyl (C=O) groups excluding carboxylic acids is 2. The lowest BCUT2D eigenvalue weighted by atomic mass is 9.70. The van der Waals surface area contributed by atoms with E-state index in [1.54, 1.807) is 14.2 Å². The minimum atomic E-state index is -0.622. The average Bonchev–Trinajstić information content (AvgIpc) is 3.70. The van der Waals surface area contributed by atoms with Crippen LogP contribution in [0.25, 0.3) is 0 Å². The second-order valence-corrected chi connectivity index (χ2v) is 16.6. The van der Waals surface area contributed by atoms with Gasteiger partial charge in [-0.3, -0.25) is 9.59 Å². The molecule has 11 heteroatoms. The molecule has 3 aliphatic carbocycles. The summed E-state index contributed by atoms with van der Waals surface area (Å²) in [6, 6.07) is 0.334. The molecule has 6 rings (SSSR count). The number of likely N-dealkylation sites (N-methyl/N-ethyl adjacent to an activating group) is 1. The molecule has 0 aromatic carbocycles. The normalized spacial score (nSPS) is 45.7. The highest BCUT2D eigenvalue weighted by Crippen LogP contribution is 2.54. The number of carbonyl (C=O) groups is 2. The number of rotatable bonds is 9. The lowest BCUT2D eigenvalue weighted by molar-refractivity contribution is -0.299. The number of esters is 1. The first-order valence-electron chi connectivity index (χ1n) is 20.1. The van der Waals surface area contributed by atoms with Crippen molar-refractivity contribution in [1.82, 2.24) is 4.90 Å². The van der Waals surface area contributed by atoms with Crippen molar-refractivity contribution < 1.29 is 47.9 Å². The number of allylic oxidation sites excluding steroid dienone is 4. The first-order valence-corrected chi connectivity index (χ1v) is 20.1. The number of fused-ring (bicyclic) bond motifs is 5. The fraction of sp³-hybridized carbons (Fsp3) is 0.854. The number of aliphatic hydroxyl groups is 1. The number of cyclic esters (lactones) is 1. The van der Waals surface area contributed by atoms with Gasteiger partial charge in [0.05, 0.1) is 49.5 Å². The standard InChI is InChI=1S/C41H65NO10/c1-9-26-11-10-12-35(52-37-16-15-34(42(5)6)23(3)48-37)22(2)38(45)32-19-30-28(31(32)20-36(44)50-26)14-13-25-17-27(18-29(25)30)51-41-33(21-43)40(47-8)39(46-7)24(4)49-41/h13-14,19,22-31,33-35,37,39-41,43H,9-12,15-18,20-21H2,1-8H3/t22-,23?,24?,25-,26+,27-,28-,29-,30-,31+,33?,34?,35+,37?,39?,40?,41?/m1/s1. The molecule has 1 N–H and O–H groups in total. The summed E-state index contributed by atoms with van der Waals surface area (Å²) in [5.74, 6) is -0.484. The van der Waals surface area contributed by atoms with Gasteiger partial charge in [0, 0.05) is 32.1 Å². The summed E-state index contributed by atoms with van der Waals surface area (Å²) in [5, 5.41) is 10.4. The first-order chi connectivity index (χ1) is 25.0. The molecule has 3 heterocycles. The molecule has 294 valence electrons. The zero-order valence-corrected chi connectivity index (χ0v) is 32.7. The van der Waals surface area contributed by atoms with E-state index >= 15 is 0 Å². The van der Waals surface area contributed by atoms with Gasteiger partial charge in [-0.2, -0.15) is 0 Å². The number of nitrogens with zero attached hydrogens (tertiary/aromatic N) is 1. The van der Waals surface area contributed by atoms with E-state index in [4.69, 9.17) is 33.2 Å². The molecular weight excluding hydrogens is 666 g/mol. The smallest absolute Gasteiger partial charge is 0.306 e. The molecular formula is C41H65NO10. The maximum Gasteiger partial charge on any atom is 0.306 e. The van der Waals surface area contributed by atoms with Crippen molar-refractivity contribution in [3.05, 3.63) is 23.8 Å². The van der Waals surface area contributed by atoms with Crippen molar-refractivity contribution in [2.75, 3.05) is 34.9 Å². The summed E-state index contributed by atoms with van der Waals surface area (Å²) < 4.78 is 43.5. The molecule has 17 atom stereocenters. The van der Waals surface area contributed by atoms with Gasteiger partial charge < -0.3 is 43.2 Å². The summed E-state index contributed by atoms with van der Waals surface area (Å²) in [6.07, 6.45) is 10.9. The molecule has 1 saturated carbocycles. The number of hydrogen-bond acceptors (Lipinski definition) is 11. The van der Waals surface area contributed by atoms with Crippen LogP contribution in [0.1, 0.15) is 85.5 Å². The molecule has 0 bridgehead atoms. The van der Waals surface area contributed by atoms with Gasteiger partial charge in [0.2, 0.25) is 0 Å². The highest BCUT2D eigenvalue weighted by atomic mass is 16.7. The summed E-state index contributed by atoms with van der Waals surface area (Å²) >= 11 is 0. The maximum atomic E-state index is 14.6. The van der Waals surface area contributed by atoms with Crippen LogP contribution in [0.2, 0.25) is 0 Å². The number of Topliss-reactive ketones (excluding diaryl/α,β-unsaturated/α-hetero) is 1.